The molecule has 1 unspecified atom stereocenters. The summed E-state index contributed by atoms with van der Waals surface area (Å²) in [5, 5.41) is 9.26. The molecule has 0 aromatic heterocycles. The molecule has 1 amide bonds. The van der Waals surface area contributed by atoms with Gasteiger partial charge in [0.2, 0.25) is 15.9 Å². The molecule has 9 heteroatoms. The summed E-state index contributed by atoms with van der Waals surface area (Å²) in [7, 11) is -2.13. The van der Waals surface area contributed by atoms with Gasteiger partial charge in [-0.05, 0) is 49.2 Å². The predicted octanol–water partition coefficient (Wildman–Crippen LogP) is 2.24. The van der Waals surface area contributed by atoms with E-state index in [0.29, 0.717) is 19.6 Å². The molecule has 0 bridgehead atoms. The average Bonchev–Trinajstić information content (AvgIpc) is 3.32. The molecule has 33 heavy (non-hydrogen) atoms. The average molecular weight is 469 g/mol. The Morgan fingerprint density at radius 1 is 1.06 bits per heavy atom. The van der Waals surface area contributed by atoms with Gasteiger partial charge in [-0.25, -0.2) is 8.42 Å². The second-order valence-electron chi connectivity index (χ2n) is 8.29. The zero-order chi connectivity index (χ0) is 23.4. The Bertz CT molecular complexity index is 1140. The summed E-state index contributed by atoms with van der Waals surface area (Å²) < 4.78 is 32.6. The Morgan fingerprint density at radius 2 is 1.76 bits per heavy atom. The fourth-order valence-electron chi connectivity index (χ4n) is 4.59. The first-order chi connectivity index (χ1) is 15.9. The number of piperazine rings is 1. The summed E-state index contributed by atoms with van der Waals surface area (Å²) in [4.78, 5) is 17.0. The van der Waals surface area contributed by atoms with Gasteiger partial charge < -0.3 is 9.64 Å². The Hall–Kier alpha value is -2.93. The third kappa shape index (κ3) is 4.88. The fraction of sp³-hybridized carbons (Fsp3) is 0.417. The molecule has 2 aromatic rings. The third-order valence-corrected chi connectivity index (χ3v) is 8.38. The second-order valence-corrected chi connectivity index (χ2v) is 10.2. The van der Waals surface area contributed by atoms with Crippen molar-refractivity contribution in [1.29, 1.82) is 5.26 Å². The number of carbonyl (C=O) groups is 1. The minimum absolute atomic E-state index is 0.0184. The topological polar surface area (TPSA) is 93.9 Å². The molecule has 2 saturated heterocycles. The normalized spacial score (nSPS) is 19.9. The number of carbonyl (C=O) groups excluding carboxylic acids is 1. The molecule has 2 fully saturated rings. The van der Waals surface area contributed by atoms with E-state index < -0.39 is 10.0 Å². The Labute approximate surface area is 195 Å². The number of hydrogen-bond acceptors (Lipinski definition) is 6. The van der Waals surface area contributed by atoms with Gasteiger partial charge in [-0.2, -0.15) is 9.57 Å². The van der Waals surface area contributed by atoms with Gasteiger partial charge in [0.25, 0.3) is 0 Å². The van der Waals surface area contributed by atoms with Crippen molar-refractivity contribution in [3.63, 3.8) is 0 Å². The van der Waals surface area contributed by atoms with Crippen molar-refractivity contribution >= 4 is 15.9 Å². The highest BCUT2D eigenvalue weighted by Crippen LogP contribution is 2.32. The predicted molar refractivity (Wildman–Crippen MR) is 123 cm³/mol. The first kappa shape index (κ1) is 23.2. The van der Waals surface area contributed by atoms with Crippen LogP contribution in [0, 0.1) is 11.3 Å². The van der Waals surface area contributed by atoms with E-state index in [0.717, 1.165) is 25.1 Å². The maximum atomic E-state index is 13.0. The minimum Gasteiger partial charge on any atom is -0.497 e. The first-order valence-electron chi connectivity index (χ1n) is 11.1. The summed E-state index contributed by atoms with van der Waals surface area (Å²) in [6.45, 7) is 2.30. The van der Waals surface area contributed by atoms with Gasteiger partial charge in [0.15, 0.2) is 0 Å². The number of amides is 1. The summed E-state index contributed by atoms with van der Waals surface area (Å²) in [6.07, 6.45) is 2.04. The number of nitrogens with zero attached hydrogens (tertiary/aromatic N) is 4. The van der Waals surface area contributed by atoms with Crippen molar-refractivity contribution in [2.24, 2.45) is 0 Å². The van der Waals surface area contributed by atoms with Crippen LogP contribution in [0.2, 0.25) is 0 Å². The molecule has 174 valence electrons. The number of ether oxygens (including phenoxy) is 1. The number of nitriles is 1. The molecule has 0 saturated carbocycles. The van der Waals surface area contributed by atoms with E-state index >= 15 is 0 Å². The lowest BCUT2D eigenvalue weighted by atomic mass is 10.0. The van der Waals surface area contributed by atoms with Crippen LogP contribution in [0.5, 0.6) is 5.75 Å². The molecule has 1 atom stereocenters. The van der Waals surface area contributed by atoms with Crippen LogP contribution in [0.4, 0.5) is 0 Å². The summed E-state index contributed by atoms with van der Waals surface area (Å²) in [5.74, 6) is 0.828. The largest absolute Gasteiger partial charge is 0.497 e. The fourth-order valence-corrected chi connectivity index (χ4v) is 6.16. The molecule has 0 spiro atoms. The molecular formula is C24H28N4O4S. The molecule has 2 aliphatic heterocycles. The Kier molecular flexibility index (Phi) is 6.98. The van der Waals surface area contributed by atoms with E-state index in [1.54, 1.807) is 24.1 Å². The molecule has 0 aliphatic carbocycles. The zero-order valence-electron chi connectivity index (χ0n) is 18.7. The van der Waals surface area contributed by atoms with Gasteiger partial charge in [-0.3, -0.25) is 9.69 Å². The highest BCUT2D eigenvalue weighted by Gasteiger charge is 2.33. The summed E-state index contributed by atoms with van der Waals surface area (Å²) in [6, 6.07) is 16.3. The number of methoxy groups -OCH3 is 1. The molecular weight excluding hydrogens is 440 g/mol. The monoisotopic (exact) mass is 468 g/mol. The van der Waals surface area contributed by atoms with E-state index in [9.17, 15) is 18.5 Å². The van der Waals surface area contributed by atoms with Crippen LogP contribution in [-0.2, 0) is 14.8 Å². The molecule has 8 nitrogen and oxygen atoms in total. The zero-order valence-corrected chi connectivity index (χ0v) is 19.5. The SMILES string of the molecule is COc1ccc(C2CCCN2CC(=O)N2CCN(S(=O)(=O)c3ccccc3C#N)CC2)cc1. The van der Waals surface area contributed by atoms with Crippen LogP contribution in [0.25, 0.3) is 0 Å². The lowest BCUT2D eigenvalue weighted by Crippen LogP contribution is -2.52. The highest BCUT2D eigenvalue weighted by molar-refractivity contribution is 7.89. The number of likely N-dealkylation sites (tertiary alicyclic amines) is 1. The quantitative estimate of drug-likeness (QED) is 0.645. The summed E-state index contributed by atoms with van der Waals surface area (Å²) >= 11 is 0. The van der Waals surface area contributed by atoms with E-state index in [2.05, 4.69) is 17.0 Å². The smallest absolute Gasteiger partial charge is 0.244 e. The maximum Gasteiger partial charge on any atom is 0.244 e. The maximum absolute atomic E-state index is 13.0. The van der Waals surface area contributed by atoms with Gasteiger partial charge in [-0.1, -0.05) is 24.3 Å². The van der Waals surface area contributed by atoms with Crippen molar-refractivity contribution in [3.05, 3.63) is 59.7 Å². The molecule has 2 aliphatic rings. The van der Waals surface area contributed by atoms with Crippen LogP contribution < -0.4 is 4.74 Å². The van der Waals surface area contributed by atoms with Crippen molar-refractivity contribution in [1.82, 2.24) is 14.1 Å². The molecule has 0 N–H and O–H groups in total. The highest BCUT2D eigenvalue weighted by atomic mass is 32.2. The van der Waals surface area contributed by atoms with Crippen LogP contribution in [0.3, 0.4) is 0 Å². The van der Waals surface area contributed by atoms with E-state index in [4.69, 9.17) is 4.74 Å². The van der Waals surface area contributed by atoms with Crippen LogP contribution in [0.1, 0.15) is 30.0 Å². The number of sulfonamides is 1. The number of hydrogen-bond donors (Lipinski definition) is 0. The van der Waals surface area contributed by atoms with Crippen molar-refractivity contribution in [2.45, 2.75) is 23.8 Å². The molecule has 0 radical (unpaired) electrons. The lowest BCUT2D eigenvalue weighted by Gasteiger charge is -2.35. The van der Waals surface area contributed by atoms with Gasteiger partial charge in [0, 0.05) is 32.2 Å². The van der Waals surface area contributed by atoms with Crippen molar-refractivity contribution in [2.75, 3.05) is 46.4 Å². The summed E-state index contributed by atoms with van der Waals surface area (Å²) in [5.41, 5.74) is 1.31. The number of rotatable bonds is 6. The van der Waals surface area contributed by atoms with Crippen LogP contribution >= 0.6 is 0 Å². The molecule has 4 rings (SSSR count). The molecule has 2 aromatic carbocycles. The first-order valence-corrected chi connectivity index (χ1v) is 12.5. The van der Waals surface area contributed by atoms with E-state index in [1.165, 1.54) is 22.0 Å². The van der Waals surface area contributed by atoms with Crippen molar-refractivity contribution in [3.8, 4) is 11.8 Å². The Balaban J connectivity index is 1.37. The van der Waals surface area contributed by atoms with Gasteiger partial charge in [0.05, 0.1) is 24.1 Å². The van der Waals surface area contributed by atoms with Crippen LogP contribution in [-0.4, -0.2) is 74.8 Å². The second kappa shape index (κ2) is 9.91. The van der Waals surface area contributed by atoms with Gasteiger partial charge in [0.1, 0.15) is 11.8 Å². The molecule has 2 heterocycles. The van der Waals surface area contributed by atoms with Gasteiger partial charge in [-0.15, -0.1) is 0 Å². The van der Waals surface area contributed by atoms with E-state index in [-0.39, 0.29) is 35.5 Å². The lowest BCUT2D eigenvalue weighted by molar-refractivity contribution is -0.133. The van der Waals surface area contributed by atoms with Crippen LogP contribution in [0.15, 0.2) is 53.4 Å². The number of benzene rings is 2. The standard InChI is InChI=1S/C24H28N4O4S/c1-32-21-10-8-19(9-11-21)22-6-4-12-27(22)18-24(29)26-13-15-28(16-14-26)33(30,31)23-7-3-2-5-20(23)17-25/h2-3,5,7-11,22H,4,6,12-16,18H2,1H3. The van der Waals surface area contributed by atoms with Gasteiger partial charge >= 0.3 is 0 Å². The Morgan fingerprint density at radius 3 is 2.42 bits per heavy atom. The van der Waals surface area contributed by atoms with Crippen molar-refractivity contribution < 1.29 is 17.9 Å². The third-order valence-electron chi connectivity index (χ3n) is 6.42. The van der Waals surface area contributed by atoms with E-state index in [1.807, 2.05) is 18.2 Å². The minimum atomic E-state index is -3.77.